The van der Waals surface area contributed by atoms with Gasteiger partial charge in [0, 0.05) is 0 Å². The summed E-state index contributed by atoms with van der Waals surface area (Å²) in [6, 6.07) is -0.219. The fraction of sp³-hybridized carbons (Fsp3) is 0.812. The van der Waals surface area contributed by atoms with E-state index in [0.717, 1.165) is 0 Å². The topological polar surface area (TPSA) is 71.5 Å². The predicted octanol–water partition coefficient (Wildman–Crippen LogP) is 2.06. The van der Waals surface area contributed by atoms with E-state index in [4.69, 9.17) is 14.2 Å². The molecule has 0 aromatic heterocycles. The maximum absolute atomic E-state index is 12.6. The molecule has 22 heavy (non-hydrogen) atoms. The minimum atomic E-state index is -0.799. The molecular weight excluding hydrogens is 286 g/mol. The van der Waals surface area contributed by atoms with Crippen LogP contribution in [0.4, 0.5) is 4.79 Å². The fourth-order valence-corrected chi connectivity index (χ4v) is 2.97. The van der Waals surface area contributed by atoms with Crippen LogP contribution in [0.5, 0.6) is 0 Å². The molecule has 4 atom stereocenters. The number of carbonyl (C=O) groups excluding carboxylic acids is 1. The minimum absolute atomic E-state index is 0.0435. The molecule has 0 saturated carbocycles. The lowest BCUT2D eigenvalue weighted by atomic mass is 10.0. The molecule has 2 heterocycles. The van der Waals surface area contributed by atoms with Crippen LogP contribution in [0.25, 0.3) is 0 Å². The number of hydrogen-bond donors (Lipinski definition) is 1. The Labute approximate surface area is 132 Å². The summed E-state index contributed by atoms with van der Waals surface area (Å²) >= 11 is 0. The average molecular weight is 313 g/mol. The molecule has 2 aliphatic heterocycles. The number of ether oxygens (including phenoxy) is 3. The van der Waals surface area contributed by atoms with Crippen molar-refractivity contribution in [1.82, 2.24) is 4.90 Å². The van der Waals surface area contributed by atoms with Gasteiger partial charge in [-0.15, -0.1) is 6.58 Å². The lowest BCUT2D eigenvalue weighted by Gasteiger charge is -2.34. The highest BCUT2D eigenvalue weighted by Gasteiger charge is 2.59. The smallest absolute Gasteiger partial charge is 0.412 e. The molecule has 0 aromatic rings. The first-order valence-electron chi connectivity index (χ1n) is 7.68. The van der Waals surface area contributed by atoms with Crippen LogP contribution in [0.1, 0.15) is 41.0 Å². The molecule has 0 unspecified atom stereocenters. The number of nitrogens with zero attached hydrogens (tertiary/aromatic N) is 1. The van der Waals surface area contributed by atoms with Crippen LogP contribution < -0.4 is 0 Å². The summed E-state index contributed by atoms with van der Waals surface area (Å²) in [5, 5.41) is 9.21. The van der Waals surface area contributed by atoms with Crippen molar-refractivity contribution in [2.45, 2.75) is 76.7 Å². The monoisotopic (exact) mass is 313 g/mol. The molecule has 0 bridgehead atoms. The van der Waals surface area contributed by atoms with Crippen LogP contribution in [-0.4, -0.2) is 58.4 Å². The summed E-state index contributed by atoms with van der Waals surface area (Å²) in [6.07, 6.45) is 1.22. The molecular formula is C16H27NO5. The largest absolute Gasteiger partial charge is 0.444 e. The number of epoxide rings is 1. The third-order valence-corrected chi connectivity index (χ3v) is 3.84. The number of amides is 1. The van der Waals surface area contributed by atoms with Gasteiger partial charge in [-0.3, -0.25) is 4.90 Å². The summed E-state index contributed by atoms with van der Waals surface area (Å²) < 4.78 is 17.0. The average Bonchev–Trinajstić information content (AvgIpc) is 3.07. The molecule has 0 aromatic carbocycles. The summed E-state index contributed by atoms with van der Waals surface area (Å²) in [6.45, 7) is 12.9. The van der Waals surface area contributed by atoms with E-state index >= 15 is 0 Å². The molecule has 2 saturated heterocycles. The van der Waals surface area contributed by atoms with Crippen LogP contribution in [-0.2, 0) is 14.2 Å². The molecule has 0 aliphatic carbocycles. The first kappa shape index (κ1) is 17.2. The van der Waals surface area contributed by atoms with E-state index in [1.54, 1.807) is 11.0 Å². The molecule has 126 valence electrons. The highest BCUT2D eigenvalue weighted by molar-refractivity contribution is 5.70. The zero-order valence-electron chi connectivity index (χ0n) is 14.0. The number of hydrogen-bond acceptors (Lipinski definition) is 5. The van der Waals surface area contributed by atoms with Gasteiger partial charge < -0.3 is 19.3 Å². The van der Waals surface area contributed by atoms with Crippen LogP contribution in [0.15, 0.2) is 12.7 Å². The van der Waals surface area contributed by atoms with Gasteiger partial charge in [-0.25, -0.2) is 4.79 Å². The Morgan fingerprint density at radius 2 is 2.05 bits per heavy atom. The lowest BCUT2D eigenvalue weighted by molar-refractivity contribution is -0.0826. The van der Waals surface area contributed by atoms with Gasteiger partial charge in [0.1, 0.15) is 29.6 Å². The Hall–Kier alpha value is -1.11. The Morgan fingerprint density at radius 3 is 2.50 bits per heavy atom. The van der Waals surface area contributed by atoms with Crippen molar-refractivity contribution < 1.29 is 24.1 Å². The Morgan fingerprint density at radius 1 is 1.41 bits per heavy atom. The van der Waals surface area contributed by atoms with Gasteiger partial charge in [0.05, 0.1) is 12.6 Å². The maximum Gasteiger partial charge on any atom is 0.412 e. The predicted molar refractivity (Wildman–Crippen MR) is 81.4 cm³/mol. The van der Waals surface area contributed by atoms with E-state index in [0.29, 0.717) is 6.42 Å². The van der Waals surface area contributed by atoms with Crippen molar-refractivity contribution in [2.75, 3.05) is 6.61 Å². The van der Waals surface area contributed by atoms with E-state index in [9.17, 15) is 9.90 Å². The van der Waals surface area contributed by atoms with Crippen molar-refractivity contribution >= 4 is 6.09 Å². The van der Waals surface area contributed by atoms with E-state index in [1.807, 2.05) is 34.6 Å². The Balaban J connectivity index is 2.21. The highest BCUT2D eigenvalue weighted by Crippen LogP contribution is 2.42. The molecule has 2 aliphatic rings. The molecule has 1 N–H and O–H groups in total. The van der Waals surface area contributed by atoms with Crippen molar-refractivity contribution in [1.29, 1.82) is 0 Å². The van der Waals surface area contributed by atoms with Gasteiger partial charge in [0.15, 0.2) is 0 Å². The van der Waals surface area contributed by atoms with Crippen LogP contribution in [0.3, 0.4) is 0 Å². The fourth-order valence-electron chi connectivity index (χ4n) is 2.97. The second-order valence-corrected chi connectivity index (χ2v) is 7.29. The molecule has 0 radical (unpaired) electrons. The maximum atomic E-state index is 12.6. The van der Waals surface area contributed by atoms with E-state index in [-0.39, 0.29) is 31.0 Å². The number of carbonyl (C=O) groups is 1. The van der Waals surface area contributed by atoms with Crippen molar-refractivity contribution in [3.8, 4) is 0 Å². The standard InChI is InChI=1S/C16H27NO5/c1-7-8-10-12(13-11(9-18)20-13)21-16(5,6)17(10)14(19)22-15(2,3)4/h7,10-13,18H,1,8-9H2,2-6H3/t10-,11+,12-,13-/m1/s1. The second-order valence-electron chi connectivity index (χ2n) is 7.29. The van der Waals surface area contributed by atoms with E-state index < -0.39 is 17.4 Å². The third-order valence-electron chi connectivity index (χ3n) is 3.84. The van der Waals surface area contributed by atoms with E-state index in [2.05, 4.69) is 6.58 Å². The Kier molecular flexibility index (Phi) is 4.57. The molecule has 2 rings (SSSR count). The molecule has 0 spiro atoms. The summed E-state index contributed by atoms with van der Waals surface area (Å²) in [5.74, 6) is 0. The second kappa shape index (κ2) is 5.83. The van der Waals surface area contributed by atoms with E-state index in [1.165, 1.54) is 0 Å². The first-order valence-corrected chi connectivity index (χ1v) is 7.68. The summed E-state index contributed by atoms with van der Waals surface area (Å²) in [7, 11) is 0. The number of aliphatic hydroxyl groups excluding tert-OH is 1. The highest BCUT2D eigenvalue weighted by atomic mass is 16.6. The van der Waals surface area contributed by atoms with Gasteiger partial charge in [0.2, 0.25) is 0 Å². The molecule has 6 nitrogen and oxygen atoms in total. The lowest BCUT2D eigenvalue weighted by Crippen LogP contribution is -2.50. The zero-order valence-corrected chi connectivity index (χ0v) is 14.0. The Bertz CT molecular complexity index is 442. The number of rotatable bonds is 4. The van der Waals surface area contributed by atoms with Gasteiger partial charge in [-0.2, -0.15) is 0 Å². The van der Waals surface area contributed by atoms with Crippen molar-refractivity contribution in [3.63, 3.8) is 0 Å². The van der Waals surface area contributed by atoms with Gasteiger partial charge >= 0.3 is 6.09 Å². The molecule has 1 amide bonds. The van der Waals surface area contributed by atoms with Crippen LogP contribution in [0.2, 0.25) is 0 Å². The quantitative estimate of drug-likeness (QED) is 0.635. The van der Waals surface area contributed by atoms with Crippen LogP contribution in [0, 0.1) is 0 Å². The SMILES string of the molecule is C=CC[C@@H]1[C@H]([C@@H]2O[C@H]2CO)OC(C)(C)N1C(=O)OC(C)(C)C. The summed E-state index contributed by atoms with van der Waals surface area (Å²) in [4.78, 5) is 14.2. The van der Waals surface area contributed by atoms with Gasteiger partial charge in [-0.05, 0) is 41.0 Å². The summed E-state index contributed by atoms with van der Waals surface area (Å²) in [5.41, 5.74) is -1.37. The zero-order chi connectivity index (χ0) is 16.7. The molecule has 2 fully saturated rings. The van der Waals surface area contributed by atoms with Crippen LogP contribution >= 0.6 is 0 Å². The normalized spacial score (nSPS) is 33.6. The third kappa shape index (κ3) is 3.45. The minimum Gasteiger partial charge on any atom is -0.444 e. The van der Waals surface area contributed by atoms with Crippen molar-refractivity contribution in [3.05, 3.63) is 12.7 Å². The van der Waals surface area contributed by atoms with Gasteiger partial charge in [-0.1, -0.05) is 6.08 Å². The first-order chi connectivity index (χ1) is 10.1. The van der Waals surface area contributed by atoms with Gasteiger partial charge in [0.25, 0.3) is 0 Å². The number of aliphatic hydroxyl groups is 1. The van der Waals surface area contributed by atoms with Crippen molar-refractivity contribution in [2.24, 2.45) is 0 Å². The molecule has 6 heteroatoms.